The molecule has 9 rings (SSSR count). The van der Waals surface area contributed by atoms with Gasteiger partial charge in [0.05, 0.1) is 36.5 Å². The van der Waals surface area contributed by atoms with Gasteiger partial charge in [-0.15, -0.1) is 11.3 Å². The number of likely N-dealkylation sites (N-methyl/N-ethyl adjacent to an activating group) is 1. The number of thiazole rings is 1. The Morgan fingerprint density at radius 1 is 0.843 bits per heavy atom. The van der Waals surface area contributed by atoms with Gasteiger partial charge in [-0.05, 0) is 114 Å². The molecule has 17 atom stereocenters. The minimum absolute atomic E-state index is 0.00663. The molecule has 3 aliphatic heterocycles. The zero-order valence-electron chi connectivity index (χ0n) is 42.5. The van der Waals surface area contributed by atoms with Gasteiger partial charge >= 0.3 is 5.97 Å². The lowest BCUT2D eigenvalue weighted by Crippen LogP contribution is -2.59. The Labute approximate surface area is 418 Å². The summed E-state index contributed by atoms with van der Waals surface area (Å²) in [6, 6.07) is 18.4. The monoisotopic (exact) mass is 986 g/mol. The second kappa shape index (κ2) is 22.6. The highest BCUT2D eigenvalue weighted by Crippen LogP contribution is 2.63. The largest absolute Gasteiger partial charge is 0.489 e. The van der Waals surface area contributed by atoms with Crippen LogP contribution in [-0.2, 0) is 54.1 Å². The number of carbonyl (C=O) groups is 2. The predicted molar refractivity (Wildman–Crippen MR) is 266 cm³/mol. The molecule has 1 N–H and O–H groups in total. The van der Waals surface area contributed by atoms with Crippen molar-refractivity contribution in [1.29, 1.82) is 0 Å². The summed E-state index contributed by atoms with van der Waals surface area (Å²) in [5.41, 5.74) is 3.56. The molecule has 5 unspecified atom stereocenters. The third-order valence-electron chi connectivity index (χ3n) is 16.2. The molecule has 4 heterocycles. The molecule has 15 heteroatoms. The first-order valence-corrected chi connectivity index (χ1v) is 26.6. The van der Waals surface area contributed by atoms with Gasteiger partial charge in [-0.1, -0.05) is 56.3 Å². The molecule has 0 spiro atoms. The number of nitrogens with zero attached hydrogens (tertiary/aromatic N) is 2. The number of cyclic esters (lactones) is 1. The lowest BCUT2D eigenvalue weighted by atomic mass is 9.67. The fraction of sp³-hybridized carbons (Fsp3) is 0.655. The van der Waals surface area contributed by atoms with Crippen LogP contribution in [0.5, 0.6) is 5.75 Å². The number of allylic oxidation sites excluding steroid dienone is 2. The quantitative estimate of drug-likeness (QED) is 0.153. The molecule has 6 aliphatic rings. The van der Waals surface area contributed by atoms with Gasteiger partial charge in [0.1, 0.15) is 36.8 Å². The van der Waals surface area contributed by atoms with Gasteiger partial charge in [0.2, 0.25) is 0 Å². The van der Waals surface area contributed by atoms with Crippen molar-refractivity contribution in [3.63, 3.8) is 0 Å². The average molecular weight is 986 g/mol. The van der Waals surface area contributed by atoms with Gasteiger partial charge in [0.15, 0.2) is 23.5 Å². The topological polar surface area (TPSA) is 145 Å². The Morgan fingerprint density at radius 2 is 1.63 bits per heavy atom. The highest BCUT2D eigenvalue weighted by molar-refractivity contribution is 7.15. The third kappa shape index (κ3) is 10.8. The highest BCUT2D eigenvalue weighted by atomic mass is 32.1. The first-order valence-electron chi connectivity index (χ1n) is 25.7. The zero-order valence-corrected chi connectivity index (χ0v) is 43.3. The zero-order chi connectivity index (χ0) is 49.2. The maximum atomic E-state index is 15.4. The van der Waals surface area contributed by atoms with E-state index in [9.17, 15) is 4.79 Å². The van der Waals surface area contributed by atoms with E-state index in [1.54, 1.807) is 32.7 Å². The van der Waals surface area contributed by atoms with Crippen molar-refractivity contribution < 1.29 is 52.2 Å². The van der Waals surface area contributed by atoms with Crippen LogP contribution in [0.3, 0.4) is 0 Å². The molecular weight excluding hydrogens is 911 g/mol. The van der Waals surface area contributed by atoms with Gasteiger partial charge in [0.25, 0.3) is 0 Å². The molecule has 14 nitrogen and oxygen atoms in total. The molecule has 0 amide bonds. The minimum Gasteiger partial charge on any atom is -0.489 e. The average Bonchev–Trinajstić information content (AvgIpc) is 4.07. The normalized spacial score (nSPS) is 36.7. The molecule has 3 saturated heterocycles. The number of Topliss-reactive ketones (excluding diaryl/α,β-unsaturated/α-hetero) is 1. The summed E-state index contributed by atoms with van der Waals surface area (Å²) in [4.78, 5) is 38.4. The van der Waals surface area contributed by atoms with Crippen molar-refractivity contribution in [2.24, 2.45) is 23.7 Å². The van der Waals surface area contributed by atoms with Crippen molar-refractivity contribution in [3.8, 4) is 5.75 Å². The first-order chi connectivity index (χ1) is 33.9. The molecule has 3 aromatic rings. The molecule has 1 saturated carbocycles. The number of hydrogen-bond acceptors (Lipinski definition) is 15. The number of carbonyl (C=O) groups excluding carboxylic acids is 2. The Balaban J connectivity index is 1.04. The van der Waals surface area contributed by atoms with Crippen LogP contribution in [0, 0.1) is 23.7 Å². The summed E-state index contributed by atoms with van der Waals surface area (Å²) >= 11 is 1.65. The number of hydrogen-bond donors (Lipinski definition) is 1. The van der Waals surface area contributed by atoms with Crippen LogP contribution in [0.1, 0.15) is 113 Å². The van der Waals surface area contributed by atoms with Gasteiger partial charge < -0.3 is 52.8 Å². The first kappa shape index (κ1) is 51.1. The molecule has 3 aliphatic carbocycles. The van der Waals surface area contributed by atoms with Crippen LogP contribution >= 0.6 is 11.3 Å². The number of fused-ring (bicyclic) bond motifs is 8. The van der Waals surface area contributed by atoms with Crippen LogP contribution in [0.4, 0.5) is 10.8 Å². The molecule has 0 bridgehead atoms. The number of nitrogens with one attached hydrogen (secondary N) is 1. The van der Waals surface area contributed by atoms with Gasteiger partial charge in [-0.25, -0.2) is 4.98 Å². The van der Waals surface area contributed by atoms with E-state index >= 15 is 4.79 Å². The molecular formula is C55H75N3O11S. The summed E-state index contributed by atoms with van der Waals surface area (Å²) in [7, 11) is 9.15. The number of ketones is 1. The molecule has 0 radical (unpaired) electrons. The Morgan fingerprint density at radius 3 is 2.36 bits per heavy atom. The number of ether oxygens (including phenoxy) is 9. The number of esters is 1. The number of benzene rings is 2. The summed E-state index contributed by atoms with van der Waals surface area (Å²) in [5.74, 6) is -0.531. The standard InChI is InChI=1S/C55H75N3O11S/c1-10-35-19-15-21-44(69-46-23-22-43(58(5)6)31(3)65-46)30(2)49(60)41-27-39-38-25-37(68-54-52(63-9)51(62-8)50(61-7)32(4)66-54)26-42(38)53-48(47(39)40(41)28-45(59)67-35)57-55(70-53)56-34-18-14-20-36(24-34)64-29-33-16-12-11-13-17-33/h11-14,16-18,20,24,27,30-32,35,37-40,42-44,46-47,50-52,54H,10,15,19,21-23,25-26,28-29H2,1-9H3,(H,56,57)/t30-,31?,32?,35+,37+,38+,39+,40-,42?,43+,44+,46+,47?,50+,51?,52+,54+/m1/s1. The van der Waals surface area contributed by atoms with E-state index in [1.807, 2.05) is 68.4 Å². The van der Waals surface area contributed by atoms with Crippen molar-refractivity contribution >= 4 is 33.9 Å². The number of methoxy groups -OCH3 is 3. The van der Waals surface area contributed by atoms with E-state index in [0.29, 0.717) is 37.5 Å². The summed E-state index contributed by atoms with van der Waals surface area (Å²) in [6.45, 7) is 8.61. The van der Waals surface area contributed by atoms with Gasteiger partial charge in [-0.3, -0.25) is 9.59 Å². The van der Waals surface area contributed by atoms with E-state index < -0.39 is 36.6 Å². The van der Waals surface area contributed by atoms with Crippen LogP contribution < -0.4 is 10.1 Å². The van der Waals surface area contributed by atoms with Crippen molar-refractivity contribution in [2.75, 3.05) is 40.7 Å². The molecule has 2 aromatic carbocycles. The van der Waals surface area contributed by atoms with Crippen molar-refractivity contribution in [2.45, 2.75) is 171 Å². The molecule has 4 fully saturated rings. The van der Waals surface area contributed by atoms with E-state index in [0.717, 1.165) is 64.8 Å². The van der Waals surface area contributed by atoms with Crippen LogP contribution in [0.15, 0.2) is 66.2 Å². The Hall–Kier alpha value is -3.77. The number of anilines is 2. The maximum Gasteiger partial charge on any atom is 0.306 e. The van der Waals surface area contributed by atoms with Crippen molar-refractivity contribution in [1.82, 2.24) is 9.88 Å². The third-order valence-corrected chi connectivity index (χ3v) is 17.3. The lowest BCUT2D eigenvalue weighted by Gasteiger charge is -2.44. The van der Waals surface area contributed by atoms with Crippen LogP contribution in [0.2, 0.25) is 0 Å². The van der Waals surface area contributed by atoms with E-state index in [1.165, 1.54) is 0 Å². The van der Waals surface area contributed by atoms with Crippen molar-refractivity contribution in [3.05, 3.63) is 82.4 Å². The van der Waals surface area contributed by atoms with Crippen LogP contribution in [0.25, 0.3) is 0 Å². The summed E-state index contributed by atoms with van der Waals surface area (Å²) in [6.07, 6.45) is 4.87. The molecule has 382 valence electrons. The fourth-order valence-electron chi connectivity index (χ4n) is 12.7. The Bertz CT molecular complexity index is 2280. The minimum atomic E-state index is -0.686. The van der Waals surface area contributed by atoms with Gasteiger partial charge in [-0.2, -0.15) is 0 Å². The number of rotatable bonds is 14. The Kier molecular flexibility index (Phi) is 16.5. The second-order valence-corrected chi connectivity index (χ2v) is 21.7. The van der Waals surface area contributed by atoms with E-state index in [4.69, 9.17) is 47.6 Å². The summed E-state index contributed by atoms with van der Waals surface area (Å²) < 4.78 is 57.1. The summed E-state index contributed by atoms with van der Waals surface area (Å²) in [5, 5.41) is 4.37. The van der Waals surface area contributed by atoms with E-state index in [2.05, 4.69) is 44.2 Å². The molecule has 70 heavy (non-hydrogen) atoms. The van der Waals surface area contributed by atoms with Gasteiger partial charge in [0, 0.05) is 67.7 Å². The van der Waals surface area contributed by atoms with E-state index in [-0.39, 0.29) is 78.5 Å². The second-order valence-electron chi connectivity index (χ2n) is 20.7. The molecule has 1 aromatic heterocycles. The highest BCUT2D eigenvalue weighted by Gasteiger charge is 2.57. The lowest BCUT2D eigenvalue weighted by molar-refractivity contribution is -0.314. The maximum absolute atomic E-state index is 15.4. The number of aromatic nitrogens is 1. The predicted octanol–water partition coefficient (Wildman–Crippen LogP) is 9.35. The SMILES string of the molecule is CC[C@H]1CCC[C@H](O[C@H]2CC[C@H](N(C)C)C(C)O2)[C@@H](C)C(=O)C2=C[C@@H]3C(c4nc(Nc5cccc(OCc6ccccc6)c5)sc4C4C[C@@H](O[C@@H]5OC(C)[C@H](OC)C(OC)[C@@H]5OC)C[C@H]43)[C@@H]2CC(=O)O1. The fourth-order valence-corrected chi connectivity index (χ4v) is 13.9. The smallest absolute Gasteiger partial charge is 0.306 e. The van der Waals surface area contributed by atoms with Crippen LogP contribution in [-0.4, -0.2) is 125 Å².